The van der Waals surface area contributed by atoms with Crippen LogP contribution in [0.4, 0.5) is 4.39 Å². The monoisotopic (exact) mass is 636 g/mol. The molecule has 0 spiro atoms. The Morgan fingerprint density at radius 3 is 2.20 bits per heavy atom. The van der Waals surface area contributed by atoms with E-state index in [0.29, 0.717) is 12.0 Å². The first-order chi connectivity index (χ1) is 21.5. The predicted octanol–water partition coefficient (Wildman–Crippen LogP) is 3.75. The Kier molecular flexibility index (Phi) is 13.2. The summed E-state index contributed by atoms with van der Waals surface area (Å²) < 4.78 is 27.3. The van der Waals surface area contributed by atoms with Crippen LogP contribution >= 0.6 is 7.37 Å². The topological polar surface area (TPSA) is 168 Å². The van der Waals surface area contributed by atoms with Gasteiger partial charge in [0.15, 0.2) is 0 Å². The molecule has 4 amide bonds. The molecule has 10 nitrogen and oxygen atoms in total. The molecule has 0 aliphatic rings. The Bertz CT molecular complexity index is 1540. The number of carbonyl (C=O) groups excluding carboxylic acids is 4. The minimum atomic E-state index is -4.46. The molecule has 0 aliphatic carbocycles. The quantitative estimate of drug-likeness (QED) is 0.150. The van der Waals surface area contributed by atoms with Crippen molar-refractivity contribution in [3.8, 4) is 0 Å². The minimum absolute atomic E-state index is 0.0557. The van der Waals surface area contributed by atoms with Gasteiger partial charge in [0.2, 0.25) is 25.1 Å². The lowest BCUT2D eigenvalue weighted by Crippen LogP contribution is -2.53. The molecule has 45 heavy (non-hydrogen) atoms. The predicted molar refractivity (Wildman–Crippen MR) is 171 cm³/mol. The second-order valence-electron chi connectivity index (χ2n) is 10.5. The first-order valence-electron chi connectivity index (χ1n) is 14.5. The van der Waals surface area contributed by atoms with Gasteiger partial charge in [0.05, 0.1) is 0 Å². The van der Waals surface area contributed by atoms with Crippen LogP contribution in [0.2, 0.25) is 0 Å². The SMILES string of the molecule is CCC[C@H](NC(=O)CP(=O)(O)C(Cc1ccccc1)NC(=O)c1cccc(F)c1)C(=O)N[C@@H](C/C=C/c1ccccc1)C(N)=O. The highest BCUT2D eigenvalue weighted by molar-refractivity contribution is 7.59. The summed E-state index contributed by atoms with van der Waals surface area (Å²) in [6, 6.07) is 20.6. The Morgan fingerprint density at radius 1 is 0.911 bits per heavy atom. The molecular weight excluding hydrogens is 598 g/mol. The number of nitrogens with two attached hydrogens (primary N) is 1. The second-order valence-corrected chi connectivity index (χ2v) is 13.0. The molecular formula is C33H38FN4O6P. The van der Waals surface area contributed by atoms with Crippen LogP contribution in [0.3, 0.4) is 0 Å². The number of hydrogen-bond acceptors (Lipinski definition) is 5. The van der Waals surface area contributed by atoms with E-state index < -0.39 is 60.8 Å². The molecule has 3 rings (SSSR count). The molecule has 0 saturated heterocycles. The number of halogens is 1. The lowest BCUT2D eigenvalue weighted by Gasteiger charge is -2.26. The summed E-state index contributed by atoms with van der Waals surface area (Å²) in [7, 11) is -4.46. The number of rotatable bonds is 16. The highest BCUT2D eigenvalue weighted by Gasteiger charge is 2.36. The first kappa shape index (κ1) is 34.9. The average Bonchev–Trinajstić information content (AvgIpc) is 3.00. The minimum Gasteiger partial charge on any atom is -0.368 e. The molecule has 12 heteroatoms. The van der Waals surface area contributed by atoms with Crippen molar-refractivity contribution in [3.05, 3.63) is 114 Å². The summed E-state index contributed by atoms with van der Waals surface area (Å²) in [5.41, 5.74) is 6.98. The van der Waals surface area contributed by atoms with Crippen LogP contribution in [-0.4, -0.2) is 52.6 Å². The van der Waals surface area contributed by atoms with E-state index in [-0.39, 0.29) is 24.8 Å². The van der Waals surface area contributed by atoms with Crippen molar-refractivity contribution in [2.45, 2.75) is 50.5 Å². The maximum Gasteiger partial charge on any atom is 0.252 e. The number of benzene rings is 3. The average molecular weight is 637 g/mol. The Balaban J connectivity index is 1.70. The lowest BCUT2D eigenvalue weighted by atomic mass is 10.1. The van der Waals surface area contributed by atoms with E-state index in [4.69, 9.17) is 5.73 Å². The fourth-order valence-corrected chi connectivity index (χ4v) is 6.07. The number of primary amides is 1. The van der Waals surface area contributed by atoms with E-state index in [1.54, 1.807) is 49.4 Å². The Labute approximate surface area is 261 Å². The fourth-order valence-electron chi connectivity index (χ4n) is 4.53. The molecule has 3 aromatic rings. The van der Waals surface area contributed by atoms with Gasteiger partial charge in [-0.15, -0.1) is 0 Å². The van der Waals surface area contributed by atoms with Crippen molar-refractivity contribution < 1.29 is 33.0 Å². The zero-order chi connectivity index (χ0) is 32.8. The van der Waals surface area contributed by atoms with E-state index in [1.165, 1.54) is 12.1 Å². The van der Waals surface area contributed by atoms with Gasteiger partial charge in [-0.1, -0.05) is 92.2 Å². The molecule has 0 heterocycles. The van der Waals surface area contributed by atoms with Crippen LogP contribution in [-0.2, 0) is 25.4 Å². The van der Waals surface area contributed by atoms with Crippen LogP contribution < -0.4 is 21.7 Å². The van der Waals surface area contributed by atoms with E-state index in [9.17, 15) is 33.0 Å². The van der Waals surface area contributed by atoms with Crippen LogP contribution in [0.25, 0.3) is 6.08 Å². The zero-order valence-corrected chi connectivity index (χ0v) is 25.8. The van der Waals surface area contributed by atoms with Crippen molar-refractivity contribution in [3.63, 3.8) is 0 Å². The van der Waals surface area contributed by atoms with E-state index in [2.05, 4.69) is 16.0 Å². The first-order valence-corrected chi connectivity index (χ1v) is 16.4. The summed E-state index contributed by atoms with van der Waals surface area (Å²) in [5, 5.41) is 7.55. The van der Waals surface area contributed by atoms with E-state index in [0.717, 1.165) is 17.7 Å². The van der Waals surface area contributed by atoms with Crippen LogP contribution in [0.15, 0.2) is 91.0 Å². The summed E-state index contributed by atoms with van der Waals surface area (Å²) in [6.07, 6.45) is 3.27. The van der Waals surface area contributed by atoms with E-state index >= 15 is 0 Å². The summed E-state index contributed by atoms with van der Waals surface area (Å²) >= 11 is 0. The number of hydrogen-bond donors (Lipinski definition) is 5. The van der Waals surface area contributed by atoms with Gasteiger partial charge < -0.3 is 26.6 Å². The van der Waals surface area contributed by atoms with Crippen molar-refractivity contribution in [2.75, 3.05) is 6.16 Å². The Morgan fingerprint density at radius 2 is 1.58 bits per heavy atom. The number of carbonyl (C=O) groups is 4. The van der Waals surface area contributed by atoms with Gasteiger partial charge >= 0.3 is 0 Å². The summed E-state index contributed by atoms with van der Waals surface area (Å²) in [5.74, 6) is -5.16. The van der Waals surface area contributed by atoms with Gasteiger partial charge in [0, 0.05) is 12.0 Å². The third-order valence-corrected chi connectivity index (χ3v) is 8.91. The maximum absolute atomic E-state index is 13.7. The Hall–Kier alpha value is -4.60. The lowest BCUT2D eigenvalue weighted by molar-refractivity contribution is -0.130. The summed E-state index contributed by atoms with van der Waals surface area (Å²) in [4.78, 5) is 62.2. The van der Waals surface area contributed by atoms with Gasteiger partial charge in [-0.3, -0.25) is 23.7 Å². The molecule has 0 saturated carbocycles. The molecule has 0 aliphatic heterocycles. The number of nitrogens with one attached hydrogen (secondary N) is 3. The van der Waals surface area contributed by atoms with Crippen molar-refractivity contribution in [1.29, 1.82) is 0 Å². The molecule has 3 aromatic carbocycles. The second kappa shape index (κ2) is 17.0. The number of amides is 4. The normalized spacial score (nSPS) is 14.5. The molecule has 0 bridgehead atoms. The summed E-state index contributed by atoms with van der Waals surface area (Å²) in [6.45, 7) is 1.79. The highest BCUT2D eigenvalue weighted by atomic mass is 31.2. The zero-order valence-electron chi connectivity index (χ0n) is 24.9. The van der Waals surface area contributed by atoms with Crippen molar-refractivity contribution in [2.24, 2.45) is 5.73 Å². The van der Waals surface area contributed by atoms with Crippen molar-refractivity contribution >= 4 is 37.1 Å². The van der Waals surface area contributed by atoms with Crippen LogP contribution in [0, 0.1) is 5.82 Å². The van der Waals surface area contributed by atoms with Gasteiger partial charge in [0.1, 0.15) is 29.8 Å². The largest absolute Gasteiger partial charge is 0.368 e. The third-order valence-electron chi connectivity index (χ3n) is 6.88. The molecule has 238 valence electrons. The van der Waals surface area contributed by atoms with Gasteiger partial charge in [-0.2, -0.15) is 0 Å². The van der Waals surface area contributed by atoms with Gasteiger partial charge in [0.25, 0.3) is 5.91 Å². The standard InChI is InChI=1S/C33H38FN4O6P/c1-2-11-28(33(42)37-27(31(35)40)19-9-16-23-12-5-3-6-13-23)36-29(39)22-45(43,44)30(20-24-14-7-4-8-15-24)38-32(41)25-17-10-18-26(34)21-25/h3-10,12-18,21,27-28,30H,2,11,19-20,22H2,1H3,(H2,35,40)(H,36,39)(H,37,42)(H,38,41)(H,43,44)/b16-9+/t27-,28-,30?/m0/s1. The molecule has 2 unspecified atom stereocenters. The third kappa shape index (κ3) is 11.4. The molecule has 0 radical (unpaired) electrons. The molecule has 6 N–H and O–H groups in total. The molecule has 4 atom stereocenters. The maximum atomic E-state index is 13.7. The van der Waals surface area contributed by atoms with Gasteiger partial charge in [-0.25, -0.2) is 4.39 Å². The van der Waals surface area contributed by atoms with E-state index in [1.807, 2.05) is 30.3 Å². The van der Waals surface area contributed by atoms with Gasteiger partial charge in [-0.05, 0) is 42.2 Å². The molecule has 0 fully saturated rings. The van der Waals surface area contributed by atoms with Crippen LogP contribution in [0.5, 0.6) is 0 Å². The van der Waals surface area contributed by atoms with Crippen molar-refractivity contribution in [1.82, 2.24) is 16.0 Å². The molecule has 0 aromatic heterocycles. The van der Waals surface area contributed by atoms with Crippen LogP contribution in [0.1, 0.15) is 47.7 Å². The smallest absolute Gasteiger partial charge is 0.252 e. The fraction of sp³-hybridized carbons (Fsp3) is 0.273. The highest BCUT2D eigenvalue weighted by Crippen LogP contribution is 2.46.